The summed E-state index contributed by atoms with van der Waals surface area (Å²) < 4.78 is 18.0. The van der Waals surface area contributed by atoms with Gasteiger partial charge in [0, 0.05) is 17.8 Å². The highest BCUT2D eigenvalue weighted by Crippen LogP contribution is 2.24. The highest BCUT2D eigenvalue weighted by Gasteiger charge is 2.25. The van der Waals surface area contributed by atoms with Gasteiger partial charge in [0.2, 0.25) is 0 Å². The number of halogens is 1. The third-order valence-corrected chi connectivity index (χ3v) is 3.72. The first kappa shape index (κ1) is 19.0. The maximum atomic E-state index is 13.0. The third kappa shape index (κ3) is 4.21. The number of hydrogen-bond donors (Lipinski definition) is 0. The van der Waals surface area contributed by atoms with Crippen molar-refractivity contribution in [3.8, 4) is 0 Å². The lowest BCUT2D eigenvalue weighted by atomic mass is 10.1. The van der Waals surface area contributed by atoms with Crippen LogP contribution in [0, 0.1) is 22.9 Å². The van der Waals surface area contributed by atoms with Gasteiger partial charge in [0.05, 0.1) is 4.92 Å². The molecule has 2 aromatic rings. The van der Waals surface area contributed by atoms with Gasteiger partial charge in [-0.3, -0.25) is 14.9 Å². The molecule has 0 fully saturated rings. The van der Waals surface area contributed by atoms with Crippen LogP contribution in [0.25, 0.3) is 0 Å². The average Bonchev–Trinajstić information content (AvgIpc) is 2.61. The van der Waals surface area contributed by atoms with Gasteiger partial charge in [0.25, 0.3) is 11.6 Å². The predicted octanol–water partition coefficient (Wildman–Crippen LogP) is 3.25. The Morgan fingerprint density at radius 3 is 2.42 bits per heavy atom. The summed E-state index contributed by atoms with van der Waals surface area (Å²) in [5.41, 5.74) is 0.206. The van der Waals surface area contributed by atoms with Crippen LogP contribution in [0.15, 0.2) is 42.5 Å². The van der Waals surface area contributed by atoms with Crippen molar-refractivity contribution in [1.82, 2.24) is 0 Å². The van der Waals surface area contributed by atoms with Crippen LogP contribution in [0.4, 0.5) is 15.8 Å². The standard InChI is InChI=1S/C18H17FN2O5/c1-3-20(14-9-7-13(19)8-10-14)16(22)11-26-18(23)15-6-4-5-12(2)17(15)21(24)25/h4-10H,3,11H2,1-2H3. The summed E-state index contributed by atoms with van der Waals surface area (Å²) in [6.07, 6.45) is 0. The second-order valence-electron chi connectivity index (χ2n) is 5.42. The number of rotatable bonds is 6. The molecule has 8 heteroatoms. The van der Waals surface area contributed by atoms with Gasteiger partial charge in [-0.15, -0.1) is 0 Å². The number of ether oxygens (including phenoxy) is 1. The van der Waals surface area contributed by atoms with Gasteiger partial charge in [-0.2, -0.15) is 0 Å². The summed E-state index contributed by atoms with van der Waals surface area (Å²) >= 11 is 0. The highest BCUT2D eigenvalue weighted by atomic mass is 19.1. The molecule has 0 saturated carbocycles. The molecule has 0 bridgehead atoms. The Labute approximate surface area is 149 Å². The van der Waals surface area contributed by atoms with E-state index in [0.717, 1.165) is 0 Å². The molecule has 7 nitrogen and oxygen atoms in total. The molecule has 26 heavy (non-hydrogen) atoms. The number of amides is 1. The van der Waals surface area contributed by atoms with E-state index in [9.17, 15) is 24.1 Å². The van der Waals surface area contributed by atoms with E-state index < -0.39 is 29.2 Å². The van der Waals surface area contributed by atoms with E-state index in [0.29, 0.717) is 11.3 Å². The maximum absolute atomic E-state index is 13.0. The van der Waals surface area contributed by atoms with Gasteiger partial charge in [0.1, 0.15) is 11.4 Å². The summed E-state index contributed by atoms with van der Waals surface area (Å²) in [7, 11) is 0. The van der Waals surface area contributed by atoms with Crippen LogP contribution in [0.3, 0.4) is 0 Å². The fourth-order valence-electron chi connectivity index (χ4n) is 2.47. The van der Waals surface area contributed by atoms with E-state index in [4.69, 9.17) is 4.74 Å². The first-order valence-electron chi connectivity index (χ1n) is 7.82. The molecular weight excluding hydrogens is 343 g/mol. The fourth-order valence-corrected chi connectivity index (χ4v) is 2.47. The molecule has 2 rings (SSSR count). The topological polar surface area (TPSA) is 89.8 Å². The van der Waals surface area contributed by atoms with Crippen LogP contribution >= 0.6 is 0 Å². The van der Waals surface area contributed by atoms with E-state index >= 15 is 0 Å². The Morgan fingerprint density at radius 2 is 1.85 bits per heavy atom. The zero-order valence-corrected chi connectivity index (χ0v) is 14.3. The van der Waals surface area contributed by atoms with Crippen LogP contribution in [-0.4, -0.2) is 30.0 Å². The van der Waals surface area contributed by atoms with Crippen molar-refractivity contribution in [2.24, 2.45) is 0 Å². The van der Waals surface area contributed by atoms with Gasteiger partial charge < -0.3 is 9.64 Å². The molecule has 0 aliphatic rings. The molecule has 0 aliphatic heterocycles. The number of nitro groups is 1. The van der Waals surface area contributed by atoms with Crippen molar-refractivity contribution >= 4 is 23.3 Å². The minimum absolute atomic E-state index is 0.215. The highest BCUT2D eigenvalue weighted by molar-refractivity contribution is 5.98. The van der Waals surface area contributed by atoms with Gasteiger partial charge in [-0.1, -0.05) is 12.1 Å². The summed E-state index contributed by atoms with van der Waals surface area (Å²) in [6.45, 7) is 2.92. The molecule has 136 valence electrons. The lowest BCUT2D eigenvalue weighted by Gasteiger charge is -2.20. The van der Waals surface area contributed by atoms with Crippen LogP contribution in [0.5, 0.6) is 0 Å². The van der Waals surface area contributed by atoms with E-state index in [2.05, 4.69) is 0 Å². The molecular formula is C18H17FN2O5. The van der Waals surface area contributed by atoms with Crippen molar-refractivity contribution in [2.75, 3.05) is 18.1 Å². The normalized spacial score (nSPS) is 10.3. The molecule has 0 aromatic heterocycles. The zero-order chi connectivity index (χ0) is 19.3. The number of hydrogen-bond acceptors (Lipinski definition) is 5. The molecule has 0 N–H and O–H groups in total. The minimum Gasteiger partial charge on any atom is -0.452 e. The Morgan fingerprint density at radius 1 is 1.19 bits per heavy atom. The number of para-hydroxylation sites is 1. The smallest absolute Gasteiger partial charge is 0.345 e. The molecule has 0 unspecified atom stereocenters. The molecule has 0 spiro atoms. The van der Waals surface area contributed by atoms with Crippen molar-refractivity contribution in [1.29, 1.82) is 0 Å². The number of benzene rings is 2. The average molecular weight is 360 g/mol. The first-order chi connectivity index (χ1) is 12.3. The number of anilines is 1. The SMILES string of the molecule is CCN(C(=O)COC(=O)c1cccc(C)c1[N+](=O)[O-])c1ccc(F)cc1. The Hall–Kier alpha value is -3.29. The number of nitrogens with zero attached hydrogens (tertiary/aromatic N) is 2. The van der Waals surface area contributed by atoms with Crippen molar-refractivity contribution in [3.05, 3.63) is 69.5 Å². The third-order valence-electron chi connectivity index (χ3n) is 3.72. The quantitative estimate of drug-likeness (QED) is 0.448. The number of nitro benzene ring substituents is 1. The summed E-state index contributed by atoms with van der Waals surface area (Å²) in [5.74, 6) is -1.91. The monoisotopic (exact) mass is 360 g/mol. The van der Waals surface area contributed by atoms with E-state index in [1.807, 2.05) is 0 Å². The van der Waals surface area contributed by atoms with Crippen LogP contribution in [0.2, 0.25) is 0 Å². The fraction of sp³-hybridized carbons (Fsp3) is 0.222. The summed E-state index contributed by atoms with van der Waals surface area (Å²) in [5, 5.41) is 11.1. The summed E-state index contributed by atoms with van der Waals surface area (Å²) in [4.78, 5) is 36.3. The Bertz CT molecular complexity index is 836. The lowest BCUT2D eigenvalue weighted by Crippen LogP contribution is -2.34. The lowest BCUT2D eigenvalue weighted by molar-refractivity contribution is -0.385. The summed E-state index contributed by atoms with van der Waals surface area (Å²) in [6, 6.07) is 9.58. The second-order valence-corrected chi connectivity index (χ2v) is 5.42. The molecule has 2 aromatic carbocycles. The van der Waals surface area contributed by atoms with Gasteiger partial charge in [-0.05, 0) is 44.2 Å². The van der Waals surface area contributed by atoms with Crippen LogP contribution < -0.4 is 4.90 Å². The van der Waals surface area contributed by atoms with E-state index in [1.165, 1.54) is 54.3 Å². The molecule has 0 aliphatic carbocycles. The number of likely N-dealkylation sites (N-methyl/N-ethyl adjacent to an activating group) is 1. The van der Waals surface area contributed by atoms with Gasteiger partial charge >= 0.3 is 5.97 Å². The zero-order valence-electron chi connectivity index (χ0n) is 14.3. The molecule has 1 amide bonds. The molecule has 0 saturated heterocycles. The van der Waals surface area contributed by atoms with Crippen molar-refractivity contribution in [2.45, 2.75) is 13.8 Å². The second kappa shape index (κ2) is 8.19. The minimum atomic E-state index is -0.955. The molecule has 0 radical (unpaired) electrons. The van der Waals surface area contributed by atoms with Crippen LogP contribution in [0.1, 0.15) is 22.8 Å². The number of aryl methyl sites for hydroxylation is 1. The first-order valence-corrected chi connectivity index (χ1v) is 7.82. The van der Waals surface area contributed by atoms with Crippen molar-refractivity contribution in [3.63, 3.8) is 0 Å². The molecule has 0 atom stereocenters. The number of esters is 1. The van der Waals surface area contributed by atoms with Gasteiger partial charge in [-0.25, -0.2) is 9.18 Å². The Kier molecular flexibility index (Phi) is 6.00. The van der Waals surface area contributed by atoms with E-state index in [-0.39, 0.29) is 17.8 Å². The predicted molar refractivity (Wildman–Crippen MR) is 92.5 cm³/mol. The number of carbonyl (C=O) groups is 2. The maximum Gasteiger partial charge on any atom is 0.345 e. The largest absolute Gasteiger partial charge is 0.452 e. The van der Waals surface area contributed by atoms with Crippen molar-refractivity contribution < 1.29 is 23.6 Å². The van der Waals surface area contributed by atoms with Crippen LogP contribution in [-0.2, 0) is 9.53 Å². The molecule has 0 heterocycles. The Balaban J connectivity index is 2.11. The number of carbonyl (C=O) groups excluding carboxylic acids is 2. The van der Waals surface area contributed by atoms with Gasteiger partial charge in [0.15, 0.2) is 6.61 Å². The van der Waals surface area contributed by atoms with E-state index in [1.54, 1.807) is 6.92 Å².